The van der Waals surface area contributed by atoms with Crippen LogP contribution >= 0.6 is 11.8 Å². The number of aliphatic imine (C=N–C) groups is 1. The standard InChI is InChI=1S/C15H29N3O3S/c16-7-5-3-1-2-4-6-8-17-15-18-11(10-22-15)14(21)12(19)9-13(18)20/h11-14,19-21H,1-10,16H2/t11?,12?,13-,14-/m1/s1. The van der Waals surface area contributed by atoms with Crippen LogP contribution in [-0.2, 0) is 0 Å². The monoisotopic (exact) mass is 331 g/mol. The van der Waals surface area contributed by atoms with E-state index in [-0.39, 0.29) is 12.5 Å². The number of unbranched alkanes of at least 4 members (excludes halogenated alkanes) is 5. The number of aliphatic hydroxyl groups is 3. The van der Waals surface area contributed by atoms with E-state index in [1.165, 1.54) is 25.7 Å². The van der Waals surface area contributed by atoms with Gasteiger partial charge in [-0.15, -0.1) is 0 Å². The van der Waals surface area contributed by atoms with Gasteiger partial charge in [-0.1, -0.05) is 37.4 Å². The fourth-order valence-electron chi connectivity index (χ4n) is 3.06. The first-order valence-corrected chi connectivity index (χ1v) is 9.33. The Bertz CT molecular complexity index is 370. The summed E-state index contributed by atoms with van der Waals surface area (Å²) in [6.45, 7) is 1.54. The van der Waals surface area contributed by atoms with Gasteiger partial charge in [-0.05, 0) is 19.4 Å². The van der Waals surface area contributed by atoms with E-state index >= 15 is 0 Å². The fraction of sp³-hybridized carbons (Fsp3) is 0.933. The molecule has 128 valence electrons. The third-order valence-corrected chi connectivity index (χ3v) is 5.49. The van der Waals surface area contributed by atoms with E-state index in [1.54, 1.807) is 16.7 Å². The highest BCUT2D eigenvalue weighted by Gasteiger charge is 2.46. The zero-order valence-electron chi connectivity index (χ0n) is 13.1. The van der Waals surface area contributed by atoms with Crippen molar-refractivity contribution in [2.24, 2.45) is 10.7 Å². The lowest BCUT2D eigenvalue weighted by atomic mass is 9.96. The van der Waals surface area contributed by atoms with E-state index in [0.717, 1.165) is 31.1 Å². The molecule has 0 aliphatic carbocycles. The molecule has 2 saturated heterocycles. The van der Waals surface area contributed by atoms with E-state index in [0.29, 0.717) is 5.75 Å². The number of piperidine rings is 1. The number of amidine groups is 1. The molecule has 0 aromatic rings. The van der Waals surface area contributed by atoms with Crippen LogP contribution in [0.15, 0.2) is 4.99 Å². The lowest BCUT2D eigenvalue weighted by molar-refractivity contribution is -0.118. The van der Waals surface area contributed by atoms with Crippen LogP contribution in [-0.4, -0.2) is 68.7 Å². The van der Waals surface area contributed by atoms with Crippen LogP contribution in [0.1, 0.15) is 44.9 Å². The van der Waals surface area contributed by atoms with Crippen molar-refractivity contribution in [3.8, 4) is 0 Å². The molecule has 2 unspecified atom stereocenters. The van der Waals surface area contributed by atoms with Gasteiger partial charge in [0.1, 0.15) is 12.3 Å². The van der Waals surface area contributed by atoms with Crippen molar-refractivity contribution < 1.29 is 15.3 Å². The van der Waals surface area contributed by atoms with Crippen molar-refractivity contribution in [1.82, 2.24) is 4.90 Å². The summed E-state index contributed by atoms with van der Waals surface area (Å²) in [5.41, 5.74) is 5.47. The Morgan fingerprint density at radius 1 is 1.09 bits per heavy atom. The molecule has 0 radical (unpaired) electrons. The Labute approximate surface area is 136 Å². The highest BCUT2D eigenvalue weighted by Crippen LogP contribution is 2.34. The Kier molecular flexibility index (Phi) is 7.43. The van der Waals surface area contributed by atoms with Gasteiger partial charge in [0.15, 0.2) is 5.17 Å². The summed E-state index contributed by atoms with van der Waals surface area (Å²) in [7, 11) is 0. The van der Waals surface area contributed by atoms with Gasteiger partial charge in [-0.2, -0.15) is 0 Å². The number of nitrogens with two attached hydrogens (primary N) is 1. The summed E-state index contributed by atoms with van der Waals surface area (Å²) in [6.07, 6.45) is 4.79. The van der Waals surface area contributed by atoms with Crippen LogP contribution in [0, 0.1) is 0 Å². The zero-order valence-corrected chi connectivity index (χ0v) is 13.9. The van der Waals surface area contributed by atoms with Crippen LogP contribution in [0.5, 0.6) is 0 Å². The normalized spacial score (nSPS) is 33.5. The van der Waals surface area contributed by atoms with E-state index in [4.69, 9.17) is 5.73 Å². The van der Waals surface area contributed by atoms with Gasteiger partial charge in [-0.25, -0.2) is 0 Å². The molecule has 2 aliphatic heterocycles. The lowest BCUT2D eigenvalue weighted by Gasteiger charge is -2.41. The van der Waals surface area contributed by atoms with Gasteiger partial charge < -0.3 is 26.0 Å². The first-order valence-electron chi connectivity index (χ1n) is 8.35. The molecule has 2 heterocycles. The average molecular weight is 331 g/mol. The van der Waals surface area contributed by atoms with Gasteiger partial charge in [0.25, 0.3) is 0 Å². The molecule has 0 aromatic carbocycles. The Balaban J connectivity index is 1.71. The molecule has 2 fully saturated rings. The molecule has 5 N–H and O–H groups in total. The first-order chi connectivity index (χ1) is 10.6. The Morgan fingerprint density at radius 3 is 2.50 bits per heavy atom. The second-order valence-electron chi connectivity index (χ2n) is 6.13. The largest absolute Gasteiger partial charge is 0.390 e. The van der Waals surface area contributed by atoms with Gasteiger partial charge in [0, 0.05) is 18.7 Å². The number of thioether (sulfide) groups is 1. The number of nitrogens with zero attached hydrogens (tertiary/aromatic N) is 2. The van der Waals surface area contributed by atoms with Crippen LogP contribution in [0.3, 0.4) is 0 Å². The maximum atomic E-state index is 10.1. The molecular formula is C15H29N3O3S. The second kappa shape index (κ2) is 9.08. The van der Waals surface area contributed by atoms with E-state index in [2.05, 4.69) is 4.99 Å². The molecular weight excluding hydrogens is 302 g/mol. The predicted molar refractivity (Wildman–Crippen MR) is 89.8 cm³/mol. The summed E-state index contributed by atoms with van der Waals surface area (Å²) in [5, 5.41) is 30.7. The summed E-state index contributed by atoms with van der Waals surface area (Å²) in [5.74, 6) is 0.674. The Morgan fingerprint density at radius 2 is 1.77 bits per heavy atom. The van der Waals surface area contributed by atoms with Crippen LogP contribution in [0.25, 0.3) is 0 Å². The number of hydrogen-bond acceptors (Lipinski definition) is 6. The van der Waals surface area contributed by atoms with Crippen molar-refractivity contribution >= 4 is 16.9 Å². The minimum absolute atomic E-state index is 0.179. The van der Waals surface area contributed by atoms with E-state index in [1.807, 2.05) is 0 Å². The molecule has 2 rings (SSSR count). The molecule has 4 atom stereocenters. The van der Waals surface area contributed by atoms with Gasteiger partial charge in [0.05, 0.1) is 12.1 Å². The van der Waals surface area contributed by atoms with Crippen LogP contribution in [0.2, 0.25) is 0 Å². The predicted octanol–water partition coefficient (Wildman–Crippen LogP) is 0.503. The molecule has 0 aromatic heterocycles. The highest BCUT2D eigenvalue weighted by atomic mass is 32.2. The zero-order chi connectivity index (χ0) is 15.9. The topological polar surface area (TPSA) is 102 Å². The van der Waals surface area contributed by atoms with Crippen molar-refractivity contribution in [3.05, 3.63) is 0 Å². The molecule has 2 aliphatic rings. The molecule has 0 bridgehead atoms. The quantitative estimate of drug-likeness (QED) is 0.483. The average Bonchev–Trinajstić information content (AvgIpc) is 2.92. The second-order valence-corrected chi connectivity index (χ2v) is 7.12. The van der Waals surface area contributed by atoms with Gasteiger partial charge in [-0.3, -0.25) is 4.99 Å². The summed E-state index contributed by atoms with van der Waals surface area (Å²) < 4.78 is 0. The SMILES string of the molecule is NCCCCCCCCN=C1SCC2[C@@H](O)C(O)C[C@@H](O)N12. The number of hydrogen-bond donors (Lipinski definition) is 4. The smallest absolute Gasteiger partial charge is 0.161 e. The van der Waals surface area contributed by atoms with E-state index in [9.17, 15) is 15.3 Å². The fourth-order valence-corrected chi connectivity index (χ4v) is 4.33. The maximum absolute atomic E-state index is 10.1. The third kappa shape index (κ3) is 4.58. The number of rotatable bonds is 8. The summed E-state index contributed by atoms with van der Waals surface area (Å²) in [6, 6.07) is -0.223. The third-order valence-electron chi connectivity index (χ3n) is 4.38. The van der Waals surface area contributed by atoms with Crippen LogP contribution in [0.4, 0.5) is 0 Å². The molecule has 0 spiro atoms. The van der Waals surface area contributed by atoms with Crippen molar-refractivity contribution in [2.45, 2.75) is 69.4 Å². The number of aliphatic hydroxyl groups excluding tert-OH is 3. The number of fused-ring (bicyclic) bond motifs is 1. The first kappa shape index (κ1) is 18.0. The van der Waals surface area contributed by atoms with Gasteiger partial charge >= 0.3 is 0 Å². The lowest BCUT2D eigenvalue weighted by Crippen LogP contribution is -2.58. The molecule has 0 amide bonds. The van der Waals surface area contributed by atoms with Crippen molar-refractivity contribution in [3.63, 3.8) is 0 Å². The minimum atomic E-state index is -0.843. The van der Waals surface area contributed by atoms with Crippen molar-refractivity contribution in [1.29, 1.82) is 0 Å². The maximum Gasteiger partial charge on any atom is 0.161 e. The van der Waals surface area contributed by atoms with Gasteiger partial charge in [0.2, 0.25) is 0 Å². The molecule has 7 heteroatoms. The molecule has 0 saturated carbocycles. The van der Waals surface area contributed by atoms with Crippen molar-refractivity contribution in [2.75, 3.05) is 18.8 Å². The highest BCUT2D eigenvalue weighted by molar-refractivity contribution is 8.14. The summed E-state index contributed by atoms with van der Waals surface area (Å²) >= 11 is 1.56. The molecule has 22 heavy (non-hydrogen) atoms. The Hall–Kier alpha value is -0.340. The minimum Gasteiger partial charge on any atom is -0.390 e. The summed E-state index contributed by atoms with van der Waals surface area (Å²) in [4.78, 5) is 6.37. The van der Waals surface area contributed by atoms with Crippen LogP contribution < -0.4 is 5.73 Å². The molecule has 6 nitrogen and oxygen atoms in total. The van der Waals surface area contributed by atoms with E-state index < -0.39 is 18.4 Å².